The first-order valence-corrected chi connectivity index (χ1v) is 6.77. The zero-order valence-electron chi connectivity index (χ0n) is 12.0. The Morgan fingerprint density at radius 1 is 1.30 bits per heavy atom. The molecule has 2 atom stereocenters. The number of aryl methyl sites for hydroxylation is 1. The summed E-state index contributed by atoms with van der Waals surface area (Å²) in [5, 5.41) is 1.01. The van der Waals surface area contributed by atoms with Gasteiger partial charge in [0.1, 0.15) is 6.29 Å². The first-order valence-electron chi connectivity index (χ1n) is 6.77. The molecule has 4 nitrogen and oxygen atoms in total. The first-order chi connectivity index (χ1) is 9.47. The third-order valence-electron chi connectivity index (χ3n) is 3.80. The summed E-state index contributed by atoms with van der Waals surface area (Å²) in [6.45, 7) is 3.82. The molecule has 0 aliphatic carbocycles. The number of nitrogens with two attached hydrogens (primary N) is 1. The second-order valence-corrected chi connectivity index (χ2v) is 5.49. The molecule has 1 aromatic heterocycles. The summed E-state index contributed by atoms with van der Waals surface area (Å²) in [7, 11) is 1.86. The van der Waals surface area contributed by atoms with Crippen LogP contribution >= 0.6 is 0 Å². The summed E-state index contributed by atoms with van der Waals surface area (Å²) in [4.78, 5) is 23.7. The Kier molecular flexibility index (Phi) is 4.04. The second kappa shape index (κ2) is 5.59. The lowest BCUT2D eigenvalue weighted by Gasteiger charge is -2.22. The van der Waals surface area contributed by atoms with E-state index in [-0.39, 0.29) is 11.7 Å². The number of carbonyl (C=O) groups is 2. The van der Waals surface area contributed by atoms with Gasteiger partial charge in [-0.05, 0) is 18.1 Å². The Morgan fingerprint density at radius 3 is 2.50 bits per heavy atom. The number of para-hydroxylation sites is 1. The smallest absolute Gasteiger partial charge is 0.184 e. The van der Waals surface area contributed by atoms with Gasteiger partial charge in [0.2, 0.25) is 0 Å². The Balaban J connectivity index is 2.49. The van der Waals surface area contributed by atoms with Crippen molar-refractivity contribution < 1.29 is 9.59 Å². The van der Waals surface area contributed by atoms with Gasteiger partial charge in [0.05, 0.1) is 11.7 Å². The van der Waals surface area contributed by atoms with Gasteiger partial charge in [0.25, 0.3) is 0 Å². The third-order valence-corrected chi connectivity index (χ3v) is 3.80. The molecule has 1 aromatic carbocycles. The van der Waals surface area contributed by atoms with Crippen LogP contribution in [0, 0.1) is 11.8 Å². The van der Waals surface area contributed by atoms with E-state index in [1.165, 1.54) is 0 Å². The number of rotatable bonds is 5. The van der Waals surface area contributed by atoms with Crippen molar-refractivity contribution in [3.63, 3.8) is 0 Å². The predicted octanol–water partition coefficient (Wildman–Crippen LogP) is 2.16. The molecule has 2 N–H and O–H groups in total. The van der Waals surface area contributed by atoms with Crippen molar-refractivity contribution in [1.82, 2.24) is 4.57 Å². The van der Waals surface area contributed by atoms with E-state index in [1.807, 2.05) is 55.8 Å². The number of aldehydes is 1. The van der Waals surface area contributed by atoms with Crippen LogP contribution in [0.3, 0.4) is 0 Å². The molecule has 1 heterocycles. The number of nitrogens with zero attached hydrogens (tertiary/aromatic N) is 1. The van der Waals surface area contributed by atoms with Gasteiger partial charge < -0.3 is 15.1 Å². The number of benzene rings is 1. The second-order valence-electron chi connectivity index (χ2n) is 5.49. The Bertz CT molecular complexity index is 643. The molecular weight excluding hydrogens is 252 g/mol. The van der Waals surface area contributed by atoms with Gasteiger partial charge in [0, 0.05) is 23.9 Å². The van der Waals surface area contributed by atoms with E-state index < -0.39 is 12.0 Å². The van der Waals surface area contributed by atoms with Gasteiger partial charge >= 0.3 is 0 Å². The van der Waals surface area contributed by atoms with Crippen LogP contribution in [0.25, 0.3) is 10.9 Å². The average Bonchev–Trinajstić information content (AvgIpc) is 2.76. The van der Waals surface area contributed by atoms with E-state index in [2.05, 4.69) is 0 Å². The molecule has 0 saturated carbocycles. The molecule has 2 rings (SSSR count). The van der Waals surface area contributed by atoms with Crippen molar-refractivity contribution in [2.24, 2.45) is 24.6 Å². The largest absolute Gasteiger partial charge is 0.341 e. The summed E-state index contributed by atoms with van der Waals surface area (Å²) in [6.07, 6.45) is 0.658. The minimum atomic E-state index is -0.763. The minimum Gasteiger partial charge on any atom is -0.341 e. The van der Waals surface area contributed by atoms with E-state index >= 15 is 0 Å². The van der Waals surface area contributed by atoms with Crippen LogP contribution in [0.4, 0.5) is 0 Å². The lowest BCUT2D eigenvalue weighted by molar-refractivity contribution is -0.109. The van der Waals surface area contributed by atoms with Crippen molar-refractivity contribution in [3.8, 4) is 0 Å². The van der Waals surface area contributed by atoms with Gasteiger partial charge in [-0.2, -0.15) is 0 Å². The molecule has 0 aliphatic rings. The van der Waals surface area contributed by atoms with E-state index in [4.69, 9.17) is 5.73 Å². The molecule has 106 valence electrons. The van der Waals surface area contributed by atoms with Gasteiger partial charge in [-0.1, -0.05) is 32.0 Å². The van der Waals surface area contributed by atoms with Crippen molar-refractivity contribution in [2.45, 2.75) is 19.9 Å². The molecule has 1 unspecified atom stereocenters. The highest BCUT2D eigenvalue weighted by Crippen LogP contribution is 2.24. The van der Waals surface area contributed by atoms with Crippen molar-refractivity contribution in [3.05, 3.63) is 36.0 Å². The number of hydrogen-bond acceptors (Lipinski definition) is 3. The fraction of sp³-hybridized carbons (Fsp3) is 0.375. The van der Waals surface area contributed by atoms with Crippen molar-refractivity contribution in [1.29, 1.82) is 0 Å². The number of hydrogen-bond donors (Lipinski definition) is 1. The quantitative estimate of drug-likeness (QED) is 0.670. The lowest BCUT2D eigenvalue weighted by Crippen LogP contribution is -2.40. The summed E-state index contributed by atoms with van der Waals surface area (Å²) >= 11 is 0. The monoisotopic (exact) mass is 272 g/mol. The third kappa shape index (κ3) is 2.39. The lowest BCUT2D eigenvalue weighted by atomic mass is 9.84. The SMILES string of the molecule is CC(C)[C@H](C(=O)c1cc2ccccc2n1C)C(N)C=O. The molecule has 0 aliphatic heterocycles. The summed E-state index contributed by atoms with van der Waals surface area (Å²) < 4.78 is 1.87. The van der Waals surface area contributed by atoms with Crippen LogP contribution in [0.5, 0.6) is 0 Å². The first kappa shape index (κ1) is 14.5. The van der Waals surface area contributed by atoms with Gasteiger partial charge in [-0.3, -0.25) is 4.79 Å². The zero-order chi connectivity index (χ0) is 14.9. The number of ketones is 1. The van der Waals surface area contributed by atoms with Crippen LogP contribution in [0.2, 0.25) is 0 Å². The maximum Gasteiger partial charge on any atom is 0.184 e. The maximum atomic E-state index is 12.7. The van der Waals surface area contributed by atoms with Crippen molar-refractivity contribution in [2.75, 3.05) is 0 Å². The van der Waals surface area contributed by atoms with Gasteiger partial charge in [-0.15, -0.1) is 0 Å². The van der Waals surface area contributed by atoms with Crippen LogP contribution in [-0.2, 0) is 11.8 Å². The molecule has 20 heavy (non-hydrogen) atoms. The minimum absolute atomic E-state index is 0.0145. The van der Waals surface area contributed by atoms with E-state index in [9.17, 15) is 9.59 Å². The number of Topliss-reactive ketones (excluding diaryl/α,β-unsaturated/α-hetero) is 1. The Morgan fingerprint density at radius 2 is 1.95 bits per heavy atom. The standard InChI is InChI=1S/C16H20N2O2/c1-10(2)15(12(17)9-19)16(20)14-8-11-6-4-5-7-13(11)18(14)3/h4-10,12,15H,17H2,1-3H3/t12?,15-/m0/s1. The molecule has 0 amide bonds. The topological polar surface area (TPSA) is 65.1 Å². The number of carbonyl (C=O) groups excluding carboxylic acids is 2. The van der Waals surface area contributed by atoms with Gasteiger partial charge in [0.15, 0.2) is 5.78 Å². The molecule has 0 radical (unpaired) electrons. The number of aromatic nitrogens is 1. The molecular formula is C16H20N2O2. The molecule has 0 saturated heterocycles. The fourth-order valence-electron chi connectivity index (χ4n) is 2.70. The highest BCUT2D eigenvalue weighted by molar-refractivity contribution is 6.02. The summed E-state index contributed by atoms with van der Waals surface area (Å²) in [6, 6.07) is 8.92. The Labute approximate surface area is 118 Å². The highest BCUT2D eigenvalue weighted by atomic mass is 16.1. The average molecular weight is 272 g/mol. The summed E-state index contributed by atoms with van der Waals surface area (Å²) in [5.41, 5.74) is 7.40. The predicted molar refractivity (Wildman–Crippen MR) is 79.6 cm³/mol. The molecule has 0 bridgehead atoms. The highest BCUT2D eigenvalue weighted by Gasteiger charge is 2.31. The number of fused-ring (bicyclic) bond motifs is 1. The fourth-order valence-corrected chi connectivity index (χ4v) is 2.70. The molecule has 4 heteroatoms. The zero-order valence-corrected chi connectivity index (χ0v) is 12.0. The Hall–Kier alpha value is -1.94. The summed E-state index contributed by atoms with van der Waals surface area (Å²) in [5.74, 6) is -0.547. The van der Waals surface area contributed by atoms with Crippen LogP contribution in [0.15, 0.2) is 30.3 Å². The normalized spacial score (nSPS) is 14.4. The molecule has 2 aromatic rings. The van der Waals surface area contributed by atoms with Crippen LogP contribution < -0.4 is 5.73 Å². The molecule has 0 fully saturated rings. The maximum absolute atomic E-state index is 12.7. The molecule has 0 spiro atoms. The van der Waals surface area contributed by atoms with Crippen molar-refractivity contribution >= 4 is 23.0 Å². The van der Waals surface area contributed by atoms with E-state index in [0.29, 0.717) is 12.0 Å². The van der Waals surface area contributed by atoms with E-state index in [1.54, 1.807) is 0 Å². The van der Waals surface area contributed by atoms with Gasteiger partial charge in [-0.25, -0.2) is 0 Å². The van der Waals surface area contributed by atoms with E-state index in [0.717, 1.165) is 10.9 Å². The van der Waals surface area contributed by atoms with Crippen LogP contribution in [-0.4, -0.2) is 22.7 Å². The van der Waals surface area contributed by atoms with Crippen LogP contribution in [0.1, 0.15) is 24.3 Å².